The molecule has 0 unspecified atom stereocenters. The Morgan fingerprint density at radius 3 is 2.46 bits per heavy atom. The first kappa shape index (κ1) is 23.1. The second-order valence-corrected chi connectivity index (χ2v) is 10.0. The van der Waals surface area contributed by atoms with Crippen molar-refractivity contribution in [1.29, 1.82) is 5.26 Å². The molecule has 0 radical (unpaired) electrons. The lowest BCUT2D eigenvalue weighted by Gasteiger charge is -2.40. The van der Waals surface area contributed by atoms with Gasteiger partial charge in [-0.15, -0.1) is 0 Å². The molecule has 0 atom stereocenters. The first-order chi connectivity index (χ1) is 17.0. The average Bonchev–Trinajstić information content (AvgIpc) is 3.78. The van der Waals surface area contributed by atoms with E-state index in [4.69, 9.17) is 5.73 Å². The number of carbonyl (C=O) groups is 2. The number of aromatic nitrogens is 2. The molecule has 35 heavy (non-hydrogen) atoms. The molecule has 2 aliphatic carbocycles. The van der Waals surface area contributed by atoms with Gasteiger partial charge < -0.3 is 11.1 Å². The average molecular weight is 471 g/mol. The third-order valence-corrected chi connectivity index (χ3v) is 7.21. The summed E-state index contributed by atoms with van der Waals surface area (Å²) in [5.74, 6) is 6.54. The highest BCUT2D eigenvalue weighted by atomic mass is 16.2. The normalized spacial score (nSPS) is 19.3. The van der Waals surface area contributed by atoms with E-state index in [-0.39, 0.29) is 29.6 Å². The van der Waals surface area contributed by atoms with Gasteiger partial charge in [0.05, 0.1) is 18.0 Å². The topological polar surface area (TPSA) is 117 Å². The molecular formula is C27H30N6O2. The van der Waals surface area contributed by atoms with Crippen LogP contribution in [-0.4, -0.2) is 39.6 Å². The minimum Gasteiger partial charge on any atom is -0.365 e. The number of likely N-dealkylation sites (tertiary alicyclic amines) is 1. The van der Waals surface area contributed by atoms with Gasteiger partial charge in [-0.3, -0.25) is 19.2 Å². The number of nitriles is 1. The zero-order valence-electron chi connectivity index (χ0n) is 19.8. The maximum atomic E-state index is 12.3. The molecule has 1 saturated heterocycles. The van der Waals surface area contributed by atoms with E-state index in [0.29, 0.717) is 18.8 Å². The number of nitrogens with zero attached hydrogens (tertiary/aromatic N) is 4. The Morgan fingerprint density at radius 2 is 1.86 bits per heavy atom. The Balaban J connectivity index is 1.26. The molecule has 8 nitrogen and oxygen atoms in total. The highest BCUT2D eigenvalue weighted by molar-refractivity contribution is 6.02. The van der Waals surface area contributed by atoms with Crippen LogP contribution < -0.4 is 11.1 Å². The largest absolute Gasteiger partial charge is 0.365 e. The maximum absolute atomic E-state index is 12.3. The van der Waals surface area contributed by atoms with Gasteiger partial charge in [0.1, 0.15) is 5.56 Å². The Hall–Kier alpha value is -3.62. The highest BCUT2D eigenvalue weighted by Gasteiger charge is 2.39. The van der Waals surface area contributed by atoms with Gasteiger partial charge in [0.15, 0.2) is 5.82 Å². The molecule has 2 amide bonds. The molecule has 3 N–H and O–H groups in total. The first-order valence-corrected chi connectivity index (χ1v) is 12.4. The van der Waals surface area contributed by atoms with Crippen molar-refractivity contribution in [2.75, 3.05) is 18.4 Å². The Morgan fingerprint density at radius 1 is 1.14 bits per heavy atom. The molecule has 180 valence electrons. The van der Waals surface area contributed by atoms with Crippen molar-refractivity contribution in [3.63, 3.8) is 0 Å². The monoisotopic (exact) mass is 470 g/mol. The fraction of sp³-hybridized carbons (Fsp3) is 0.481. The predicted octanol–water partition coefficient (Wildman–Crippen LogP) is 3.00. The number of carbonyl (C=O) groups excluding carboxylic acids is 2. The molecular weight excluding hydrogens is 440 g/mol. The number of amides is 2. The van der Waals surface area contributed by atoms with E-state index in [1.165, 1.54) is 18.4 Å². The molecule has 2 saturated carbocycles. The first-order valence-electron chi connectivity index (χ1n) is 12.4. The van der Waals surface area contributed by atoms with Crippen molar-refractivity contribution in [3.05, 3.63) is 47.2 Å². The van der Waals surface area contributed by atoms with Crippen molar-refractivity contribution in [2.24, 2.45) is 17.6 Å². The maximum Gasteiger partial charge on any atom is 0.254 e. The lowest BCUT2D eigenvalue weighted by atomic mass is 9.84. The van der Waals surface area contributed by atoms with Crippen molar-refractivity contribution < 1.29 is 9.59 Å². The Labute approximate surface area is 205 Å². The zero-order chi connectivity index (χ0) is 24.4. The molecule has 3 aliphatic rings. The summed E-state index contributed by atoms with van der Waals surface area (Å²) in [6.45, 7) is 2.41. The van der Waals surface area contributed by atoms with Crippen LogP contribution in [0.1, 0.15) is 66.4 Å². The fourth-order valence-corrected chi connectivity index (χ4v) is 4.58. The van der Waals surface area contributed by atoms with Crippen molar-refractivity contribution in [1.82, 2.24) is 14.7 Å². The van der Waals surface area contributed by atoms with Gasteiger partial charge >= 0.3 is 0 Å². The molecule has 3 fully saturated rings. The minimum atomic E-state index is -0.642. The number of nitrogens with one attached hydrogen (secondary N) is 1. The van der Waals surface area contributed by atoms with Gasteiger partial charge in [-0.1, -0.05) is 24.0 Å². The van der Waals surface area contributed by atoms with Crippen LogP contribution in [0.4, 0.5) is 5.82 Å². The lowest BCUT2D eigenvalue weighted by molar-refractivity contribution is -0.117. The van der Waals surface area contributed by atoms with Gasteiger partial charge in [-0.25, -0.2) is 0 Å². The number of hydrogen-bond acceptors (Lipinski definition) is 5. The van der Waals surface area contributed by atoms with E-state index in [2.05, 4.69) is 57.5 Å². The van der Waals surface area contributed by atoms with Crippen LogP contribution in [0.3, 0.4) is 0 Å². The van der Waals surface area contributed by atoms with Gasteiger partial charge in [0.2, 0.25) is 5.91 Å². The van der Waals surface area contributed by atoms with E-state index in [1.807, 2.05) is 0 Å². The Bertz CT molecular complexity index is 1210. The summed E-state index contributed by atoms with van der Waals surface area (Å²) >= 11 is 0. The van der Waals surface area contributed by atoms with Crippen LogP contribution >= 0.6 is 0 Å². The molecule has 1 aromatic carbocycles. The van der Waals surface area contributed by atoms with E-state index in [1.54, 1.807) is 10.9 Å². The molecule has 5 rings (SSSR count). The third kappa shape index (κ3) is 5.39. The smallest absolute Gasteiger partial charge is 0.254 e. The predicted molar refractivity (Wildman–Crippen MR) is 131 cm³/mol. The van der Waals surface area contributed by atoms with E-state index in [9.17, 15) is 14.9 Å². The number of rotatable bonds is 7. The van der Waals surface area contributed by atoms with Crippen molar-refractivity contribution >= 4 is 17.6 Å². The van der Waals surface area contributed by atoms with Crippen LogP contribution in [0.5, 0.6) is 0 Å². The van der Waals surface area contributed by atoms with Crippen LogP contribution in [0.15, 0.2) is 30.5 Å². The van der Waals surface area contributed by atoms with Gasteiger partial charge in [0, 0.05) is 43.2 Å². The van der Waals surface area contributed by atoms with E-state index < -0.39 is 11.4 Å². The summed E-state index contributed by atoms with van der Waals surface area (Å²) in [4.78, 5) is 26.7. The van der Waals surface area contributed by atoms with Crippen LogP contribution in [0.25, 0.3) is 0 Å². The van der Waals surface area contributed by atoms with Gasteiger partial charge in [0.25, 0.3) is 5.91 Å². The van der Waals surface area contributed by atoms with E-state index in [0.717, 1.165) is 38.0 Å². The summed E-state index contributed by atoms with van der Waals surface area (Å²) in [6, 6.07) is 10.7. The van der Waals surface area contributed by atoms with Crippen LogP contribution in [0, 0.1) is 35.0 Å². The summed E-state index contributed by atoms with van der Waals surface area (Å²) in [5.41, 5.74) is 7.50. The summed E-state index contributed by atoms with van der Waals surface area (Å²) in [7, 11) is 0. The highest BCUT2D eigenvalue weighted by Crippen LogP contribution is 2.36. The summed E-state index contributed by atoms with van der Waals surface area (Å²) in [5, 5.41) is 16.9. The number of piperidine rings is 1. The number of hydrogen-bond donors (Lipinski definition) is 2. The second-order valence-electron chi connectivity index (χ2n) is 10.0. The quantitative estimate of drug-likeness (QED) is 0.604. The molecule has 0 spiro atoms. The van der Waals surface area contributed by atoms with Crippen molar-refractivity contribution in [2.45, 2.75) is 57.0 Å². The summed E-state index contributed by atoms with van der Waals surface area (Å²) in [6.07, 6.45) is 7.44. The van der Waals surface area contributed by atoms with Crippen molar-refractivity contribution in [3.8, 4) is 17.9 Å². The number of nitrogens with two attached hydrogens (primary N) is 1. The number of primary amides is 1. The fourth-order valence-electron chi connectivity index (χ4n) is 4.58. The lowest BCUT2D eigenvalue weighted by Crippen LogP contribution is -2.46. The standard InChI is InChI=1S/C27H30N6O2/c28-14-11-27(33-18-23(24(29)34)25(31-33)30-26(35)22-9-10-22)12-15-32(16-13-27)17-21-7-5-20(6-8-21)4-3-19-1-2-19/h5-8,18-19,22H,1-2,9-13,15-17H2,(H2,29,34)(H,30,31,35). The van der Waals surface area contributed by atoms with E-state index >= 15 is 0 Å². The molecule has 2 aromatic rings. The number of benzene rings is 1. The van der Waals surface area contributed by atoms with Crippen LogP contribution in [-0.2, 0) is 16.9 Å². The third-order valence-electron chi connectivity index (χ3n) is 7.21. The second kappa shape index (κ2) is 9.56. The zero-order valence-corrected chi connectivity index (χ0v) is 19.8. The minimum absolute atomic E-state index is 0.0171. The molecule has 1 aromatic heterocycles. The van der Waals surface area contributed by atoms with Gasteiger partial charge in [-0.05, 0) is 56.2 Å². The van der Waals surface area contributed by atoms with Crippen LogP contribution in [0.2, 0.25) is 0 Å². The summed E-state index contributed by atoms with van der Waals surface area (Å²) < 4.78 is 1.70. The van der Waals surface area contributed by atoms with Gasteiger partial charge in [-0.2, -0.15) is 10.4 Å². The number of anilines is 1. The molecule has 2 heterocycles. The Kier molecular flexibility index (Phi) is 6.32. The SMILES string of the molecule is N#CCC1(n2cc(C(N)=O)c(NC(=O)C3CC3)n2)CCN(Cc2ccc(C#CC3CC3)cc2)CC1. The molecule has 0 bridgehead atoms. The molecule has 8 heteroatoms. The molecule has 1 aliphatic heterocycles.